The van der Waals surface area contributed by atoms with Gasteiger partial charge in [-0.15, -0.1) is 0 Å². The smallest absolute Gasteiger partial charge is 0.104 e. The van der Waals surface area contributed by atoms with Gasteiger partial charge in [0, 0.05) is 0 Å². The summed E-state index contributed by atoms with van der Waals surface area (Å²) in [5.74, 6) is 0. The zero-order chi connectivity index (χ0) is 7.82. The molecule has 1 atom stereocenters. The summed E-state index contributed by atoms with van der Waals surface area (Å²) in [7, 11) is 0. The van der Waals surface area contributed by atoms with E-state index in [4.69, 9.17) is 5.11 Å². The molecule has 0 aromatic rings. The molecule has 10 heavy (non-hydrogen) atoms. The van der Waals surface area contributed by atoms with Gasteiger partial charge >= 0.3 is 0 Å². The third kappa shape index (κ3) is 6.05. The van der Waals surface area contributed by atoms with Gasteiger partial charge in [-0.05, 0) is 19.4 Å². The van der Waals surface area contributed by atoms with E-state index in [1.54, 1.807) is 0 Å². The van der Waals surface area contributed by atoms with Gasteiger partial charge in [0.05, 0.1) is 0 Å². The molecule has 0 aromatic heterocycles. The molecule has 62 valence electrons. The number of aliphatic hydroxyl groups is 1. The molecule has 0 saturated heterocycles. The van der Waals surface area contributed by atoms with E-state index in [-0.39, 0.29) is 6.23 Å². The Bertz CT molecular complexity index is 66.3. The van der Waals surface area contributed by atoms with Crippen LogP contribution in [0.1, 0.15) is 39.5 Å². The maximum absolute atomic E-state index is 9.05. The molecule has 0 bridgehead atoms. The Kier molecular flexibility index (Phi) is 6.98. The van der Waals surface area contributed by atoms with E-state index in [2.05, 4.69) is 12.2 Å². The molecule has 0 spiro atoms. The van der Waals surface area contributed by atoms with Gasteiger partial charge in [0.1, 0.15) is 6.23 Å². The molecular formula is C8H19NO. The minimum atomic E-state index is -0.295. The lowest BCUT2D eigenvalue weighted by molar-refractivity contribution is 0.133. The molecule has 1 unspecified atom stereocenters. The van der Waals surface area contributed by atoms with E-state index in [1.165, 1.54) is 19.3 Å². The first-order chi connectivity index (χ1) is 4.81. The van der Waals surface area contributed by atoms with Crippen LogP contribution >= 0.6 is 0 Å². The van der Waals surface area contributed by atoms with Crippen molar-refractivity contribution < 1.29 is 5.11 Å². The van der Waals surface area contributed by atoms with Crippen molar-refractivity contribution >= 4 is 0 Å². The second kappa shape index (κ2) is 7.03. The van der Waals surface area contributed by atoms with Gasteiger partial charge < -0.3 is 5.11 Å². The van der Waals surface area contributed by atoms with Gasteiger partial charge in [-0.25, -0.2) is 0 Å². The third-order valence-electron chi connectivity index (χ3n) is 1.55. The van der Waals surface area contributed by atoms with Crippen molar-refractivity contribution in [1.29, 1.82) is 0 Å². The van der Waals surface area contributed by atoms with Crippen molar-refractivity contribution in [2.75, 3.05) is 6.54 Å². The van der Waals surface area contributed by atoms with Gasteiger partial charge in [-0.3, -0.25) is 5.32 Å². The summed E-state index contributed by atoms with van der Waals surface area (Å²) in [4.78, 5) is 0. The minimum Gasteiger partial charge on any atom is -0.379 e. The fourth-order valence-electron chi connectivity index (χ4n) is 0.788. The molecule has 0 radical (unpaired) electrons. The number of hydrogen-bond donors (Lipinski definition) is 2. The van der Waals surface area contributed by atoms with Crippen LogP contribution in [0, 0.1) is 0 Å². The molecule has 0 aliphatic rings. The second-order valence-electron chi connectivity index (χ2n) is 2.59. The molecule has 0 aromatic carbocycles. The van der Waals surface area contributed by atoms with E-state index in [1.807, 2.05) is 6.92 Å². The van der Waals surface area contributed by atoms with Crippen molar-refractivity contribution in [3.8, 4) is 0 Å². The number of aliphatic hydroxyl groups excluding tert-OH is 1. The molecule has 0 rings (SSSR count). The fourth-order valence-corrected chi connectivity index (χ4v) is 0.788. The summed E-state index contributed by atoms with van der Waals surface area (Å²) in [6.07, 6.45) is 4.17. The second-order valence-corrected chi connectivity index (χ2v) is 2.59. The first-order valence-electron chi connectivity index (χ1n) is 4.22. The third-order valence-corrected chi connectivity index (χ3v) is 1.55. The molecule has 0 saturated carbocycles. The molecule has 0 aliphatic carbocycles. The average molecular weight is 145 g/mol. The molecule has 0 amide bonds. The average Bonchev–Trinajstić information content (AvgIpc) is 1.98. The van der Waals surface area contributed by atoms with Crippen molar-refractivity contribution in [1.82, 2.24) is 5.32 Å². The topological polar surface area (TPSA) is 32.3 Å². The number of rotatable bonds is 6. The predicted octanol–water partition coefficient (Wildman–Crippen LogP) is 1.49. The highest BCUT2D eigenvalue weighted by Crippen LogP contribution is 1.92. The van der Waals surface area contributed by atoms with Gasteiger partial charge in [0.2, 0.25) is 0 Å². The lowest BCUT2D eigenvalue weighted by Crippen LogP contribution is -2.28. The Morgan fingerprint density at radius 2 is 2.00 bits per heavy atom. The first-order valence-corrected chi connectivity index (χ1v) is 4.22. The van der Waals surface area contributed by atoms with Crippen LogP contribution in [0.25, 0.3) is 0 Å². The molecule has 2 nitrogen and oxygen atoms in total. The van der Waals surface area contributed by atoms with Crippen LogP contribution in [0.3, 0.4) is 0 Å². The Hall–Kier alpha value is -0.0800. The lowest BCUT2D eigenvalue weighted by Gasteiger charge is -2.08. The summed E-state index contributed by atoms with van der Waals surface area (Å²) in [6, 6.07) is 0. The maximum atomic E-state index is 9.05. The Balaban J connectivity index is 2.89. The van der Waals surface area contributed by atoms with Crippen LogP contribution in [-0.2, 0) is 0 Å². The quantitative estimate of drug-likeness (QED) is 0.438. The molecule has 2 heteroatoms. The SMILES string of the molecule is CCCCCNC(O)CC. The monoisotopic (exact) mass is 145 g/mol. The van der Waals surface area contributed by atoms with Gasteiger partial charge in [-0.1, -0.05) is 26.7 Å². The lowest BCUT2D eigenvalue weighted by atomic mass is 10.2. The van der Waals surface area contributed by atoms with Crippen molar-refractivity contribution in [2.24, 2.45) is 0 Å². The number of hydrogen-bond acceptors (Lipinski definition) is 2. The van der Waals surface area contributed by atoms with Crippen LogP contribution in [-0.4, -0.2) is 17.9 Å². The van der Waals surface area contributed by atoms with Gasteiger partial charge in [0.15, 0.2) is 0 Å². The standard InChI is InChI=1S/C8H19NO/c1-3-5-6-7-9-8(10)4-2/h8-10H,3-7H2,1-2H3. The Labute approximate surface area is 63.6 Å². The van der Waals surface area contributed by atoms with E-state index < -0.39 is 0 Å². The van der Waals surface area contributed by atoms with E-state index >= 15 is 0 Å². The summed E-state index contributed by atoms with van der Waals surface area (Å²) in [5, 5.41) is 12.1. The number of nitrogens with one attached hydrogen (secondary N) is 1. The van der Waals surface area contributed by atoms with Crippen LogP contribution in [0.5, 0.6) is 0 Å². The highest BCUT2D eigenvalue weighted by Gasteiger charge is 1.95. The zero-order valence-corrected chi connectivity index (χ0v) is 7.06. The van der Waals surface area contributed by atoms with Crippen LogP contribution in [0.15, 0.2) is 0 Å². The Morgan fingerprint density at radius 1 is 1.30 bits per heavy atom. The predicted molar refractivity (Wildman–Crippen MR) is 43.8 cm³/mol. The van der Waals surface area contributed by atoms with E-state index in [0.717, 1.165) is 13.0 Å². The van der Waals surface area contributed by atoms with Crippen molar-refractivity contribution in [3.05, 3.63) is 0 Å². The van der Waals surface area contributed by atoms with Crippen LogP contribution < -0.4 is 5.32 Å². The number of unbranched alkanes of at least 4 members (excludes halogenated alkanes) is 2. The first kappa shape index (κ1) is 9.92. The zero-order valence-electron chi connectivity index (χ0n) is 7.06. The molecular weight excluding hydrogens is 126 g/mol. The Morgan fingerprint density at radius 3 is 2.50 bits per heavy atom. The molecule has 0 fully saturated rings. The fraction of sp³-hybridized carbons (Fsp3) is 1.00. The van der Waals surface area contributed by atoms with Gasteiger partial charge in [0.25, 0.3) is 0 Å². The van der Waals surface area contributed by atoms with Crippen molar-refractivity contribution in [2.45, 2.75) is 45.8 Å². The van der Waals surface area contributed by atoms with Crippen LogP contribution in [0.2, 0.25) is 0 Å². The molecule has 0 aliphatic heterocycles. The van der Waals surface area contributed by atoms with Crippen LogP contribution in [0.4, 0.5) is 0 Å². The maximum Gasteiger partial charge on any atom is 0.104 e. The van der Waals surface area contributed by atoms with Gasteiger partial charge in [-0.2, -0.15) is 0 Å². The van der Waals surface area contributed by atoms with E-state index in [0.29, 0.717) is 0 Å². The minimum absolute atomic E-state index is 0.295. The largest absolute Gasteiger partial charge is 0.379 e. The summed E-state index contributed by atoms with van der Waals surface area (Å²) in [6.45, 7) is 5.09. The molecule has 2 N–H and O–H groups in total. The van der Waals surface area contributed by atoms with Crippen molar-refractivity contribution in [3.63, 3.8) is 0 Å². The molecule has 0 heterocycles. The van der Waals surface area contributed by atoms with E-state index in [9.17, 15) is 0 Å². The highest BCUT2D eigenvalue weighted by atomic mass is 16.3. The summed E-state index contributed by atoms with van der Waals surface area (Å²) < 4.78 is 0. The highest BCUT2D eigenvalue weighted by molar-refractivity contribution is 4.50. The normalized spacial score (nSPS) is 13.5. The summed E-state index contributed by atoms with van der Waals surface area (Å²) >= 11 is 0. The summed E-state index contributed by atoms with van der Waals surface area (Å²) in [5.41, 5.74) is 0.